The van der Waals surface area contributed by atoms with Crippen LogP contribution in [0.4, 0.5) is 0 Å². The second kappa shape index (κ2) is 5.66. The molecule has 0 fully saturated rings. The maximum atomic E-state index is 12.1. The van der Waals surface area contributed by atoms with E-state index in [1.807, 2.05) is 44.4 Å². The summed E-state index contributed by atoms with van der Waals surface area (Å²) in [6.45, 7) is 2.89. The molecule has 1 unspecified atom stereocenters. The third-order valence-corrected chi connectivity index (χ3v) is 2.51. The van der Waals surface area contributed by atoms with Crippen LogP contribution in [0.2, 0.25) is 0 Å². The molecule has 0 bridgehead atoms. The van der Waals surface area contributed by atoms with Gasteiger partial charge in [-0.15, -0.1) is 0 Å². The first-order valence-corrected chi connectivity index (χ1v) is 5.39. The van der Waals surface area contributed by atoms with Gasteiger partial charge in [0, 0.05) is 18.0 Å². The molecule has 82 valence electrons. The van der Waals surface area contributed by atoms with E-state index in [0.717, 1.165) is 18.5 Å². The van der Waals surface area contributed by atoms with E-state index in [1.165, 1.54) is 0 Å². The Balaban J connectivity index is 2.74. The zero-order valence-electron chi connectivity index (χ0n) is 9.73. The third kappa shape index (κ3) is 3.48. The Labute approximate surface area is 91.9 Å². The van der Waals surface area contributed by atoms with Crippen molar-refractivity contribution in [2.24, 2.45) is 5.92 Å². The highest BCUT2D eigenvalue weighted by atomic mass is 16.1. The number of rotatable bonds is 5. The molecular formula is C13H19NO. The van der Waals surface area contributed by atoms with Crippen LogP contribution < -0.4 is 0 Å². The SMILES string of the molecule is CCC(CN(C)C)C(=O)c1ccccc1. The van der Waals surface area contributed by atoms with Crippen LogP contribution in [0.25, 0.3) is 0 Å². The predicted octanol–water partition coefficient (Wildman–Crippen LogP) is 2.46. The van der Waals surface area contributed by atoms with E-state index in [0.29, 0.717) is 0 Å². The Bertz CT molecular complexity index is 306. The number of carbonyl (C=O) groups excluding carboxylic acids is 1. The van der Waals surface area contributed by atoms with Gasteiger partial charge >= 0.3 is 0 Å². The lowest BCUT2D eigenvalue weighted by atomic mass is 9.95. The molecule has 1 aromatic rings. The fourth-order valence-electron chi connectivity index (χ4n) is 1.68. The first kappa shape index (κ1) is 11.9. The molecule has 1 rings (SSSR count). The molecule has 0 aliphatic carbocycles. The minimum atomic E-state index is 0.113. The lowest BCUT2D eigenvalue weighted by Gasteiger charge is -2.18. The van der Waals surface area contributed by atoms with Crippen LogP contribution in [0.1, 0.15) is 23.7 Å². The van der Waals surface area contributed by atoms with Crippen LogP contribution in [-0.4, -0.2) is 31.3 Å². The number of hydrogen-bond donors (Lipinski definition) is 0. The zero-order valence-corrected chi connectivity index (χ0v) is 9.73. The van der Waals surface area contributed by atoms with Gasteiger partial charge in [-0.2, -0.15) is 0 Å². The maximum absolute atomic E-state index is 12.1. The van der Waals surface area contributed by atoms with E-state index >= 15 is 0 Å². The van der Waals surface area contributed by atoms with Gasteiger partial charge in [0.2, 0.25) is 0 Å². The molecule has 2 nitrogen and oxygen atoms in total. The monoisotopic (exact) mass is 205 g/mol. The van der Waals surface area contributed by atoms with Crippen molar-refractivity contribution in [2.75, 3.05) is 20.6 Å². The van der Waals surface area contributed by atoms with E-state index < -0.39 is 0 Å². The van der Waals surface area contributed by atoms with Crippen molar-refractivity contribution < 1.29 is 4.79 Å². The number of ketones is 1. The van der Waals surface area contributed by atoms with Gasteiger partial charge in [0.05, 0.1) is 0 Å². The van der Waals surface area contributed by atoms with Crippen molar-refractivity contribution in [1.82, 2.24) is 4.90 Å². The van der Waals surface area contributed by atoms with Crippen LogP contribution in [0, 0.1) is 5.92 Å². The van der Waals surface area contributed by atoms with E-state index in [1.54, 1.807) is 0 Å². The average Bonchev–Trinajstić information content (AvgIpc) is 2.26. The topological polar surface area (TPSA) is 20.3 Å². The molecule has 1 atom stereocenters. The molecule has 0 spiro atoms. The lowest BCUT2D eigenvalue weighted by Crippen LogP contribution is -2.27. The summed E-state index contributed by atoms with van der Waals surface area (Å²) in [5.41, 5.74) is 0.825. The molecule has 0 aromatic heterocycles. The van der Waals surface area contributed by atoms with Gasteiger partial charge in [-0.1, -0.05) is 37.3 Å². The molecule has 2 heteroatoms. The molecular weight excluding hydrogens is 186 g/mol. The summed E-state index contributed by atoms with van der Waals surface area (Å²) in [5, 5.41) is 0. The second-order valence-corrected chi connectivity index (χ2v) is 4.10. The molecule has 15 heavy (non-hydrogen) atoms. The fraction of sp³-hybridized carbons (Fsp3) is 0.462. The second-order valence-electron chi connectivity index (χ2n) is 4.10. The minimum absolute atomic E-state index is 0.113. The van der Waals surface area contributed by atoms with Crippen LogP contribution in [0.15, 0.2) is 30.3 Å². The Kier molecular flexibility index (Phi) is 4.50. The molecule has 0 radical (unpaired) electrons. The van der Waals surface area contributed by atoms with E-state index in [4.69, 9.17) is 0 Å². The number of Topliss-reactive ketones (excluding diaryl/α,β-unsaturated/α-hetero) is 1. The summed E-state index contributed by atoms with van der Waals surface area (Å²) >= 11 is 0. The van der Waals surface area contributed by atoms with Gasteiger partial charge in [0.15, 0.2) is 5.78 Å². The highest BCUT2D eigenvalue weighted by Crippen LogP contribution is 2.12. The number of nitrogens with zero attached hydrogens (tertiary/aromatic N) is 1. The largest absolute Gasteiger partial charge is 0.309 e. The summed E-state index contributed by atoms with van der Waals surface area (Å²) < 4.78 is 0. The highest BCUT2D eigenvalue weighted by molar-refractivity contribution is 5.97. The van der Waals surface area contributed by atoms with E-state index in [-0.39, 0.29) is 11.7 Å². The number of benzene rings is 1. The van der Waals surface area contributed by atoms with Gasteiger partial charge < -0.3 is 4.90 Å². The summed E-state index contributed by atoms with van der Waals surface area (Å²) in [4.78, 5) is 14.1. The predicted molar refractivity (Wildman–Crippen MR) is 63.1 cm³/mol. The first-order valence-electron chi connectivity index (χ1n) is 5.39. The zero-order chi connectivity index (χ0) is 11.3. The average molecular weight is 205 g/mol. The Hall–Kier alpha value is -1.15. The maximum Gasteiger partial charge on any atom is 0.167 e. The molecule has 0 aliphatic rings. The van der Waals surface area contributed by atoms with Crippen LogP contribution >= 0.6 is 0 Å². The van der Waals surface area contributed by atoms with E-state index in [2.05, 4.69) is 11.8 Å². The Morgan fingerprint density at radius 1 is 1.27 bits per heavy atom. The number of carbonyl (C=O) groups is 1. The first-order chi connectivity index (χ1) is 7.15. The summed E-state index contributed by atoms with van der Waals surface area (Å²) in [6.07, 6.45) is 0.895. The van der Waals surface area contributed by atoms with Crippen LogP contribution in [-0.2, 0) is 0 Å². The van der Waals surface area contributed by atoms with Gasteiger partial charge in [0.25, 0.3) is 0 Å². The van der Waals surface area contributed by atoms with Gasteiger partial charge in [-0.25, -0.2) is 0 Å². The molecule has 0 aliphatic heterocycles. The molecule has 0 saturated heterocycles. The van der Waals surface area contributed by atoms with Crippen molar-refractivity contribution in [3.05, 3.63) is 35.9 Å². The lowest BCUT2D eigenvalue weighted by molar-refractivity contribution is 0.0894. The molecule has 1 aromatic carbocycles. The Morgan fingerprint density at radius 3 is 2.33 bits per heavy atom. The molecule has 0 saturated carbocycles. The van der Waals surface area contributed by atoms with Crippen molar-refractivity contribution in [3.8, 4) is 0 Å². The molecule has 0 heterocycles. The van der Waals surface area contributed by atoms with Crippen LogP contribution in [0.3, 0.4) is 0 Å². The third-order valence-electron chi connectivity index (χ3n) is 2.51. The smallest absolute Gasteiger partial charge is 0.167 e. The van der Waals surface area contributed by atoms with Gasteiger partial charge in [0.1, 0.15) is 0 Å². The van der Waals surface area contributed by atoms with Gasteiger partial charge in [-0.05, 0) is 20.5 Å². The Morgan fingerprint density at radius 2 is 1.87 bits per heavy atom. The van der Waals surface area contributed by atoms with Gasteiger partial charge in [-0.3, -0.25) is 4.79 Å². The molecule has 0 amide bonds. The highest BCUT2D eigenvalue weighted by Gasteiger charge is 2.18. The summed E-state index contributed by atoms with van der Waals surface area (Å²) in [5.74, 6) is 0.370. The summed E-state index contributed by atoms with van der Waals surface area (Å²) in [6, 6.07) is 9.54. The van der Waals surface area contributed by atoms with Crippen molar-refractivity contribution >= 4 is 5.78 Å². The standard InChI is InChI=1S/C13H19NO/c1-4-11(10-14(2)3)13(15)12-8-6-5-7-9-12/h5-9,11H,4,10H2,1-3H3. The molecule has 0 N–H and O–H groups in total. The summed E-state index contributed by atoms with van der Waals surface area (Å²) in [7, 11) is 4.00. The minimum Gasteiger partial charge on any atom is -0.309 e. The fourth-order valence-corrected chi connectivity index (χ4v) is 1.68. The van der Waals surface area contributed by atoms with Crippen molar-refractivity contribution in [1.29, 1.82) is 0 Å². The normalized spacial score (nSPS) is 12.8. The quantitative estimate of drug-likeness (QED) is 0.688. The number of hydrogen-bond acceptors (Lipinski definition) is 2. The van der Waals surface area contributed by atoms with E-state index in [9.17, 15) is 4.79 Å². The van der Waals surface area contributed by atoms with Crippen LogP contribution in [0.5, 0.6) is 0 Å². The van der Waals surface area contributed by atoms with Crippen molar-refractivity contribution in [3.63, 3.8) is 0 Å². The van der Waals surface area contributed by atoms with Crippen molar-refractivity contribution in [2.45, 2.75) is 13.3 Å².